The van der Waals surface area contributed by atoms with Gasteiger partial charge in [-0.3, -0.25) is 0 Å². The van der Waals surface area contributed by atoms with E-state index >= 15 is 0 Å². The van der Waals surface area contributed by atoms with Crippen molar-refractivity contribution in [2.75, 3.05) is 5.32 Å². The van der Waals surface area contributed by atoms with Gasteiger partial charge in [0.2, 0.25) is 0 Å². The Morgan fingerprint density at radius 1 is 1.11 bits per heavy atom. The van der Waals surface area contributed by atoms with Crippen LogP contribution in [-0.2, 0) is 12.8 Å². The van der Waals surface area contributed by atoms with Crippen molar-refractivity contribution in [2.45, 2.75) is 25.3 Å². The zero-order valence-electron chi connectivity index (χ0n) is 10.1. The van der Waals surface area contributed by atoms with Crippen molar-refractivity contribution in [1.29, 1.82) is 0 Å². The lowest BCUT2D eigenvalue weighted by Gasteiger charge is -2.25. The Morgan fingerprint density at radius 3 is 2.72 bits per heavy atom. The molecule has 18 heavy (non-hydrogen) atoms. The first-order valence-electron chi connectivity index (χ1n) is 6.26. The number of aromatic nitrogens is 1. The van der Waals surface area contributed by atoms with Crippen molar-refractivity contribution < 1.29 is 0 Å². The zero-order chi connectivity index (χ0) is 12.4. The Morgan fingerprint density at radius 2 is 1.94 bits per heavy atom. The summed E-state index contributed by atoms with van der Waals surface area (Å²) >= 11 is 3.40. The predicted molar refractivity (Wildman–Crippen MR) is 77.8 cm³/mol. The second-order valence-corrected chi connectivity index (χ2v) is 5.63. The van der Waals surface area contributed by atoms with Crippen LogP contribution in [0, 0.1) is 0 Å². The number of aryl methyl sites for hydroxylation is 1. The molecule has 0 amide bonds. The van der Waals surface area contributed by atoms with E-state index in [-0.39, 0.29) is 0 Å². The van der Waals surface area contributed by atoms with Crippen molar-refractivity contribution in [3.8, 4) is 0 Å². The van der Waals surface area contributed by atoms with Crippen LogP contribution in [0.3, 0.4) is 0 Å². The molecule has 0 saturated carbocycles. The SMILES string of the molecule is Brc1ccc(NC2CCc3ccccc3C2)nc1. The first-order chi connectivity index (χ1) is 8.81. The van der Waals surface area contributed by atoms with Gasteiger partial charge in [-0.1, -0.05) is 24.3 Å². The molecule has 0 aliphatic heterocycles. The van der Waals surface area contributed by atoms with Gasteiger partial charge in [-0.05, 0) is 58.5 Å². The topological polar surface area (TPSA) is 24.9 Å². The Bertz CT molecular complexity index is 536. The Balaban J connectivity index is 1.71. The van der Waals surface area contributed by atoms with Crippen LogP contribution >= 0.6 is 15.9 Å². The molecular formula is C15H15BrN2. The van der Waals surface area contributed by atoms with Crippen molar-refractivity contribution in [2.24, 2.45) is 0 Å². The number of nitrogens with one attached hydrogen (secondary N) is 1. The van der Waals surface area contributed by atoms with Gasteiger partial charge in [-0.2, -0.15) is 0 Å². The van der Waals surface area contributed by atoms with Crippen molar-refractivity contribution in [3.63, 3.8) is 0 Å². The van der Waals surface area contributed by atoms with Gasteiger partial charge < -0.3 is 5.32 Å². The third-order valence-electron chi connectivity index (χ3n) is 3.43. The molecule has 0 bridgehead atoms. The third kappa shape index (κ3) is 2.56. The highest BCUT2D eigenvalue weighted by molar-refractivity contribution is 9.10. The summed E-state index contributed by atoms with van der Waals surface area (Å²) in [5.74, 6) is 0.961. The van der Waals surface area contributed by atoms with Gasteiger partial charge in [0.05, 0.1) is 0 Å². The quantitative estimate of drug-likeness (QED) is 0.912. The number of halogens is 1. The maximum atomic E-state index is 4.37. The number of hydrogen-bond acceptors (Lipinski definition) is 2. The average molecular weight is 303 g/mol. The number of nitrogens with zero attached hydrogens (tertiary/aromatic N) is 1. The zero-order valence-corrected chi connectivity index (χ0v) is 11.7. The molecule has 1 atom stereocenters. The fraction of sp³-hybridized carbons (Fsp3) is 0.267. The van der Waals surface area contributed by atoms with Gasteiger partial charge in [0.25, 0.3) is 0 Å². The van der Waals surface area contributed by atoms with E-state index in [9.17, 15) is 0 Å². The average Bonchev–Trinajstić information content (AvgIpc) is 2.41. The smallest absolute Gasteiger partial charge is 0.126 e. The highest BCUT2D eigenvalue weighted by Gasteiger charge is 2.17. The molecule has 1 aliphatic carbocycles. The Labute approximate surface area is 116 Å². The molecule has 0 fully saturated rings. The summed E-state index contributed by atoms with van der Waals surface area (Å²) in [6.45, 7) is 0. The molecular weight excluding hydrogens is 288 g/mol. The third-order valence-corrected chi connectivity index (χ3v) is 3.90. The molecule has 1 unspecified atom stereocenters. The fourth-order valence-electron chi connectivity index (χ4n) is 2.49. The molecule has 1 aliphatic rings. The van der Waals surface area contributed by atoms with Crippen LogP contribution in [0.4, 0.5) is 5.82 Å². The highest BCUT2D eigenvalue weighted by atomic mass is 79.9. The van der Waals surface area contributed by atoms with Crippen molar-refractivity contribution in [1.82, 2.24) is 4.98 Å². The summed E-state index contributed by atoms with van der Waals surface area (Å²) in [6, 6.07) is 13.3. The van der Waals surface area contributed by atoms with E-state index in [2.05, 4.69) is 50.5 Å². The maximum absolute atomic E-state index is 4.37. The van der Waals surface area contributed by atoms with E-state index in [1.165, 1.54) is 17.5 Å². The summed E-state index contributed by atoms with van der Waals surface area (Å²) < 4.78 is 1.02. The first-order valence-corrected chi connectivity index (χ1v) is 7.05. The van der Waals surface area contributed by atoms with Gasteiger partial charge >= 0.3 is 0 Å². The minimum atomic E-state index is 0.494. The van der Waals surface area contributed by atoms with Crippen LogP contribution in [0.25, 0.3) is 0 Å². The molecule has 92 valence electrons. The number of rotatable bonds is 2. The molecule has 1 heterocycles. The number of anilines is 1. The molecule has 1 aromatic carbocycles. The number of pyridine rings is 1. The molecule has 0 spiro atoms. The minimum absolute atomic E-state index is 0.494. The Kier molecular flexibility index (Phi) is 3.33. The first kappa shape index (κ1) is 11.7. The van der Waals surface area contributed by atoms with Crippen LogP contribution in [0.1, 0.15) is 17.5 Å². The molecule has 2 nitrogen and oxygen atoms in total. The second-order valence-electron chi connectivity index (χ2n) is 4.71. The molecule has 1 aromatic heterocycles. The number of hydrogen-bond donors (Lipinski definition) is 1. The highest BCUT2D eigenvalue weighted by Crippen LogP contribution is 2.23. The summed E-state index contributed by atoms with van der Waals surface area (Å²) in [4.78, 5) is 4.37. The monoisotopic (exact) mass is 302 g/mol. The van der Waals surface area contributed by atoms with E-state index in [0.717, 1.165) is 23.1 Å². The van der Waals surface area contributed by atoms with Gasteiger partial charge in [-0.25, -0.2) is 4.98 Å². The van der Waals surface area contributed by atoms with Gasteiger partial charge in [0, 0.05) is 16.7 Å². The molecule has 1 N–H and O–H groups in total. The lowest BCUT2D eigenvalue weighted by atomic mass is 9.88. The van der Waals surface area contributed by atoms with E-state index in [4.69, 9.17) is 0 Å². The second kappa shape index (κ2) is 5.11. The van der Waals surface area contributed by atoms with Crippen molar-refractivity contribution in [3.05, 3.63) is 58.2 Å². The largest absolute Gasteiger partial charge is 0.367 e. The molecule has 0 saturated heterocycles. The van der Waals surface area contributed by atoms with Crippen LogP contribution in [-0.4, -0.2) is 11.0 Å². The van der Waals surface area contributed by atoms with E-state index in [0.29, 0.717) is 6.04 Å². The molecule has 3 heteroatoms. The summed E-state index contributed by atoms with van der Waals surface area (Å²) in [6.07, 6.45) is 5.26. The summed E-state index contributed by atoms with van der Waals surface area (Å²) in [5.41, 5.74) is 2.97. The van der Waals surface area contributed by atoms with Gasteiger partial charge in [0.15, 0.2) is 0 Å². The molecule has 2 aromatic rings. The predicted octanol–water partition coefficient (Wildman–Crippen LogP) is 3.81. The van der Waals surface area contributed by atoms with Gasteiger partial charge in [0.1, 0.15) is 5.82 Å². The van der Waals surface area contributed by atoms with E-state index in [1.807, 2.05) is 18.3 Å². The lowest BCUT2D eigenvalue weighted by Crippen LogP contribution is -2.27. The molecule has 3 rings (SSSR count). The minimum Gasteiger partial charge on any atom is -0.367 e. The fourth-order valence-corrected chi connectivity index (χ4v) is 2.73. The maximum Gasteiger partial charge on any atom is 0.126 e. The standard InChI is InChI=1S/C15H15BrN2/c16-13-6-8-15(17-10-13)18-14-7-5-11-3-1-2-4-12(11)9-14/h1-4,6,8,10,14H,5,7,9H2,(H,17,18). The van der Waals surface area contributed by atoms with Crippen molar-refractivity contribution >= 4 is 21.7 Å². The van der Waals surface area contributed by atoms with Crippen LogP contribution in [0.5, 0.6) is 0 Å². The van der Waals surface area contributed by atoms with Crippen LogP contribution < -0.4 is 5.32 Å². The number of fused-ring (bicyclic) bond motifs is 1. The number of benzene rings is 1. The Hall–Kier alpha value is -1.35. The lowest BCUT2D eigenvalue weighted by molar-refractivity contribution is 0.609. The van der Waals surface area contributed by atoms with E-state index in [1.54, 1.807) is 0 Å². The van der Waals surface area contributed by atoms with E-state index < -0.39 is 0 Å². The van der Waals surface area contributed by atoms with Crippen LogP contribution in [0.2, 0.25) is 0 Å². The summed E-state index contributed by atoms with van der Waals surface area (Å²) in [7, 11) is 0. The summed E-state index contributed by atoms with van der Waals surface area (Å²) in [5, 5.41) is 3.52. The van der Waals surface area contributed by atoms with Gasteiger partial charge in [-0.15, -0.1) is 0 Å². The molecule has 0 radical (unpaired) electrons. The van der Waals surface area contributed by atoms with Crippen LogP contribution in [0.15, 0.2) is 47.1 Å². The normalized spacial score (nSPS) is 18.2.